The minimum atomic E-state index is -0.509. The van der Waals surface area contributed by atoms with Crippen molar-refractivity contribution in [2.75, 3.05) is 13.7 Å². The van der Waals surface area contributed by atoms with Crippen LogP contribution in [0.2, 0.25) is 10.0 Å². The highest BCUT2D eigenvalue weighted by molar-refractivity contribution is 6.42. The van der Waals surface area contributed by atoms with Gasteiger partial charge in [0.15, 0.2) is 0 Å². The molecule has 1 unspecified atom stereocenters. The lowest BCUT2D eigenvalue weighted by Crippen LogP contribution is -2.46. The molecular formula is C17H24Cl2N2O3. The number of likely N-dealkylation sites (N-methyl/N-ethyl adjacent to an activating group) is 1. The third-order valence-corrected chi connectivity index (χ3v) is 4.13. The van der Waals surface area contributed by atoms with Crippen LogP contribution in [-0.4, -0.2) is 31.5 Å². The van der Waals surface area contributed by atoms with E-state index in [-0.39, 0.29) is 18.2 Å². The molecule has 0 aliphatic rings. The van der Waals surface area contributed by atoms with Gasteiger partial charge in [-0.2, -0.15) is 0 Å². The molecule has 0 spiro atoms. The quantitative estimate of drug-likeness (QED) is 0.650. The van der Waals surface area contributed by atoms with Crippen LogP contribution in [0.15, 0.2) is 18.2 Å². The van der Waals surface area contributed by atoms with Crippen LogP contribution in [0.1, 0.15) is 33.1 Å². The number of nitrogens with one attached hydrogen (secondary N) is 2. The lowest BCUT2D eigenvalue weighted by atomic mass is 10.0. The van der Waals surface area contributed by atoms with Crippen molar-refractivity contribution in [2.24, 2.45) is 5.92 Å². The van der Waals surface area contributed by atoms with Gasteiger partial charge in [0, 0.05) is 13.5 Å². The zero-order chi connectivity index (χ0) is 18.1. The minimum Gasteiger partial charge on any atom is -0.492 e. The van der Waals surface area contributed by atoms with Gasteiger partial charge in [-0.05, 0) is 30.9 Å². The molecule has 0 fully saturated rings. The molecule has 0 heterocycles. The molecule has 134 valence electrons. The average molecular weight is 375 g/mol. The van der Waals surface area contributed by atoms with E-state index in [9.17, 15) is 9.59 Å². The van der Waals surface area contributed by atoms with Gasteiger partial charge in [0.2, 0.25) is 11.8 Å². The minimum absolute atomic E-state index is 0.176. The molecule has 0 saturated carbocycles. The maximum Gasteiger partial charge on any atom is 0.242 e. The first kappa shape index (κ1) is 20.6. The van der Waals surface area contributed by atoms with Crippen LogP contribution >= 0.6 is 23.2 Å². The van der Waals surface area contributed by atoms with Crippen molar-refractivity contribution >= 4 is 35.0 Å². The monoisotopic (exact) mass is 374 g/mol. The molecule has 2 amide bonds. The predicted octanol–water partition coefficient (Wildman–Crippen LogP) is 3.43. The molecule has 5 nitrogen and oxygen atoms in total. The van der Waals surface area contributed by atoms with Gasteiger partial charge in [0.05, 0.1) is 11.6 Å². The summed E-state index contributed by atoms with van der Waals surface area (Å²) in [5.41, 5.74) is 0. The van der Waals surface area contributed by atoms with E-state index >= 15 is 0 Å². The van der Waals surface area contributed by atoms with Crippen molar-refractivity contribution < 1.29 is 14.3 Å². The molecule has 0 aliphatic carbocycles. The first-order chi connectivity index (χ1) is 11.3. The number of ether oxygens (including phenoxy) is 1. The van der Waals surface area contributed by atoms with Gasteiger partial charge < -0.3 is 15.4 Å². The second-order valence-corrected chi connectivity index (χ2v) is 6.65. The van der Waals surface area contributed by atoms with Crippen LogP contribution in [-0.2, 0) is 9.59 Å². The summed E-state index contributed by atoms with van der Waals surface area (Å²) in [5, 5.41) is 6.12. The van der Waals surface area contributed by atoms with Gasteiger partial charge >= 0.3 is 0 Å². The summed E-state index contributed by atoms with van der Waals surface area (Å²) in [6.45, 7) is 4.34. The molecule has 1 atom stereocenters. The Morgan fingerprint density at radius 1 is 1.25 bits per heavy atom. The number of hydrogen-bond donors (Lipinski definition) is 2. The number of carbonyl (C=O) groups excluding carboxylic acids is 2. The Hall–Kier alpha value is -1.46. The van der Waals surface area contributed by atoms with Crippen LogP contribution in [0.4, 0.5) is 0 Å². The molecule has 0 bridgehead atoms. The smallest absolute Gasteiger partial charge is 0.242 e. The van der Waals surface area contributed by atoms with Crippen molar-refractivity contribution in [3.05, 3.63) is 28.2 Å². The Kier molecular flexibility index (Phi) is 8.93. The highest BCUT2D eigenvalue weighted by Crippen LogP contribution is 2.31. The molecule has 1 aromatic rings. The summed E-state index contributed by atoms with van der Waals surface area (Å²) in [7, 11) is 1.56. The third-order valence-electron chi connectivity index (χ3n) is 3.33. The van der Waals surface area contributed by atoms with Crippen molar-refractivity contribution in [1.82, 2.24) is 10.6 Å². The van der Waals surface area contributed by atoms with E-state index in [0.717, 1.165) is 0 Å². The Labute approximate surface area is 153 Å². The van der Waals surface area contributed by atoms with Crippen LogP contribution in [0.3, 0.4) is 0 Å². The lowest BCUT2D eigenvalue weighted by Gasteiger charge is -2.19. The summed E-state index contributed by atoms with van der Waals surface area (Å²) in [6.07, 6.45) is 1.38. The van der Waals surface area contributed by atoms with E-state index in [1.165, 1.54) is 0 Å². The largest absolute Gasteiger partial charge is 0.492 e. The SMILES string of the molecule is CNC(=O)C(CC(C)C)NC(=O)CCCOc1cccc(Cl)c1Cl. The first-order valence-electron chi connectivity index (χ1n) is 7.93. The normalized spacial score (nSPS) is 11.9. The molecule has 0 aliphatic heterocycles. The number of benzene rings is 1. The lowest BCUT2D eigenvalue weighted by molar-refractivity contribution is -0.129. The molecule has 7 heteroatoms. The molecule has 2 N–H and O–H groups in total. The summed E-state index contributed by atoms with van der Waals surface area (Å²) < 4.78 is 5.53. The Morgan fingerprint density at radius 2 is 1.96 bits per heavy atom. The van der Waals surface area contributed by atoms with E-state index < -0.39 is 6.04 Å². The highest BCUT2D eigenvalue weighted by Gasteiger charge is 2.20. The number of carbonyl (C=O) groups is 2. The summed E-state index contributed by atoms with van der Waals surface area (Å²) in [4.78, 5) is 23.8. The van der Waals surface area contributed by atoms with Crippen molar-refractivity contribution in [3.8, 4) is 5.75 Å². The highest BCUT2D eigenvalue weighted by atomic mass is 35.5. The van der Waals surface area contributed by atoms with Gasteiger partial charge in [-0.1, -0.05) is 43.1 Å². The van der Waals surface area contributed by atoms with Crippen molar-refractivity contribution in [2.45, 2.75) is 39.2 Å². The summed E-state index contributed by atoms with van der Waals surface area (Å²) in [5.74, 6) is 0.442. The number of amides is 2. The van der Waals surface area contributed by atoms with Crippen molar-refractivity contribution in [3.63, 3.8) is 0 Å². The molecule has 1 rings (SSSR count). The van der Waals surface area contributed by atoms with Gasteiger partial charge in [-0.15, -0.1) is 0 Å². The first-order valence-corrected chi connectivity index (χ1v) is 8.68. The van der Waals surface area contributed by atoms with E-state index in [4.69, 9.17) is 27.9 Å². The Morgan fingerprint density at radius 3 is 2.58 bits per heavy atom. The Balaban J connectivity index is 2.39. The van der Waals surface area contributed by atoms with Gasteiger partial charge in [0.25, 0.3) is 0 Å². The van der Waals surface area contributed by atoms with Gasteiger partial charge in [0.1, 0.15) is 16.8 Å². The zero-order valence-corrected chi connectivity index (χ0v) is 15.7. The van der Waals surface area contributed by atoms with Gasteiger partial charge in [-0.3, -0.25) is 9.59 Å². The average Bonchev–Trinajstić information content (AvgIpc) is 2.53. The topological polar surface area (TPSA) is 67.4 Å². The van der Waals surface area contributed by atoms with E-state index in [0.29, 0.717) is 41.2 Å². The summed E-state index contributed by atoms with van der Waals surface area (Å²) >= 11 is 11.9. The molecular weight excluding hydrogens is 351 g/mol. The predicted molar refractivity (Wildman–Crippen MR) is 96.6 cm³/mol. The van der Waals surface area contributed by atoms with E-state index in [2.05, 4.69) is 10.6 Å². The Bertz CT molecular complexity index is 565. The fraction of sp³-hybridized carbons (Fsp3) is 0.529. The van der Waals surface area contributed by atoms with Crippen LogP contribution in [0.5, 0.6) is 5.75 Å². The van der Waals surface area contributed by atoms with Gasteiger partial charge in [-0.25, -0.2) is 0 Å². The maximum absolute atomic E-state index is 12.0. The third kappa shape index (κ3) is 6.97. The molecule has 0 aromatic heterocycles. The van der Waals surface area contributed by atoms with Crippen LogP contribution in [0.25, 0.3) is 0 Å². The van der Waals surface area contributed by atoms with Crippen LogP contribution in [0, 0.1) is 5.92 Å². The van der Waals surface area contributed by atoms with Crippen molar-refractivity contribution in [1.29, 1.82) is 0 Å². The molecule has 0 saturated heterocycles. The van der Waals surface area contributed by atoms with E-state index in [1.807, 2.05) is 13.8 Å². The zero-order valence-electron chi connectivity index (χ0n) is 14.2. The fourth-order valence-electron chi connectivity index (χ4n) is 2.15. The maximum atomic E-state index is 12.0. The molecule has 1 aromatic carbocycles. The summed E-state index contributed by atoms with van der Waals surface area (Å²) in [6, 6.07) is 4.64. The fourth-order valence-corrected chi connectivity index (χ4v) is 2.50. The van der Waals surface area contributed by atoms with E-state index in [1.54, 1.807) is 25.2 Å². The number of halogens is 2. The number of rotatable bonds is 9. The standard InChI is InChI=1S/C17H24Cl2N2O3/c1-11(2)10-13(17(23)20-3)21-15(22)8-5-9-24-14-7-4-6-12(18)16(14)19/h4,6-7,11,13H,5,8-10H2,1-3H3,(H,20,23)(H,21,22). The molecule has 24 heavy (non-hydrogen) atoms. The second kappa shape index (κ2) is 10.4. The number of hydrogen-bond acceptors (Lipinski definition) is 3. The molecule has 0 radical (unpaired) electrons. The van der Waals surface area contributed by atoms with Crippen LogP contribution < -0.4 is 15.4 Å². The second-order valence-electron chi connectivity index (χ2n) is 5.87.